The highest BCUT2D eigenvalue weighted by Crippen LogP contribution is 2.26. The fraction of sp³-hybridized carbons (Fsp3) is 0.462. The molecule has 0 heterocycles. The van der Waals surface area contributed by atoms with Crippen molar-refractivity contribution >= 4 is 21.9 Å². The molecule has 0 saturated heterocycles. The van der Waals surface area contributed by atoms with Crippen LogP contribution in [0.3, 0.4) is 0 Å². The van der Waals surface area contributed by atoms with Gasteiger partial charge in [-0.25, -0.2) is 0 Å². The number of hydrogen-bond acceptors (Lipinski definition) is 3. The van der Waals surface area contributed by atoms with Gasteiger partial charge in [-0.05, 0) is 25.0 Å². The molecule has 100 valence electrons. The maximum absolute atomic E-state index is 11.1. The summed E-state index contributed by atoms with van der Waals surface area (Å²) in [5, 5.41) is 28.7. The van der Waals surface area contributed by atoms with Gasteiger partial charge in [0.05, 0.1) is 11.5 Å². The number of alkyl halides is 1. The number of aliphatic hydroxyl groups excluding tert-OH is 2. The quantitative estimate of drug-likeness (QED) is 0.724. The number of carbonyl (C=O) groups is 1. The van der Waals surface area contributed by atoms with Crippen molar-refractivity contribution in [1.82, 2.24) is 0 Å². The molecule has 0 radical (unpaired) electrons. The number of aliphatic hydroxyl groups is 2. The van der Waals surface area contributed by atoms with Crippen LogP contribution in [0.2, 0.25) is 0 Å². The van der Waals surface area contributed by atoms with Gasteiger partial charge in [-0.15, -0.1) is 0 Å². The molecule has 0 aromatic heterocycles. The second-order valence-electron chi connectivity index (χ2n) is 4.72. The third-order valence-electron chi connectivity index (χ3n) is 3.03. The molecule has 0 bridgehead atoms. The van der Waals surface area contributed by atoms with Crippen LogP contribution < -0.4 is 0 Å². The summed E-state index contributed by atoms with van der Waals surface area (Å²) >= 11 is 3.09. The predicted octanol–water partition coefficient (Wildman–Crippen LogP) is 1.84. The fourth-order valence-electron chi connectivity index (χ4n) is 1.53. The van der Waals surface area contributed by atoms with E-state index in [4.69, 9.17) is 5.11 Å². The molecular weight excluding hydrogens is 300 g/mol. The van der Waals surface area contributed by atoms with Crippen LogP contribution in [0, 0.1) is 0 Å². The van der Waals surface area contributed by atoms with Gasteiger partial charge in [0.25, 0.3) is 0 Å². The van der Waals surface area contributed by atoms with Crippen LogP contribution in [0.5, 0.6) is 0 Å². The summed E-state index contributed by atoms with van der Waals surface area (Å²) in [6, 6.07) is 6.59. The predicted molar refractivity (Wildman–Crippen MR) is 71.9 cm³/mol. The Morgan fingerprint density at radius 1 is 1.28 bits per heavy atom. The Labute approximate surface area is 114 Å². The molecule has 4 nitrogen and oxygen atoms in total. The Morgan fingerprint density at radius 3 is 2.17 bits per heavy atom. The molecule has 2 atom stereocenters. The minimum atomic E-state index is -0.980. The van der Waals surface area contributed by atoms with Crippen molar-refractivity contribution in [3.05, 3.63) is 35.4 Å². The minimum absolute atomic E-state index is 0.274. The average Bonchev–Trinajstić information content (AvgIpc) is 2.36. The van der Waals surface area contributed by atoms with Crippen LogP contribution in [0.1, 0.15) is 31.1 Å². The van der Waals surface area contributed by atoms with Gasteiger partial charge >= 0.3 is 5.97 Å². The summed E-state index contributed by atoms with van der Waals surface area (Å²) in [6.07, 6.45) is -1.87. The van der Waals surface area contributed by atoms with Crippen LogP contribution >= 0.6 is 15.9 Å². The Bertz CT molecular complexity index is 414. The van der Waals surface area contributed by atoms with Crippen LogP contribution in [-0.4, -0.2) is 32.7 Å². The van der Waals surface area contributed by atoms with Gasteiger partial charge in [0, 0.05) is 5.33 Å². The highest BCUT2D eigenvalue weighted by Gasteiger charge is 2.29. The second kappa shape index (κ2) is 5.82. The standard InChI is InChI=1S/C13H17BrO4/c1-13(2,12(17)18)9-5-3-8(4-6-9)11(16)10(15)7-14/h3-6,10-11,15-16H,7H2,1-2H3,(H,17,18). The fourth-order valence-corrected chi connectivity index (χ4v) is 1.88. The van der Waals surface area contributed by atoms with Crippen LogP contribution in [0.4, 0.5) is 0 Å². The maximum Gasteiger partial charge on any atom is 0.313 e. The highest BCUT2D eigenvalue weighted by molar-refractivity contribution is 9.09. The molecule has 18 heavy (non-hydrogen) atoms. The Hall–Kier alpha value is -0.910. The second-order valence-corrected chi connectivity index (χ2v) is 5.37. The van der Waals surface area contributed by atoms with Crippen LogP contribution in [0.15, 0.2) is 24.3 Å². The van der Waals surface area contributed by atoms with E-state index >= 15 is 0 Å². The molecule has 0 saturated carbocycles. The highest BCUT2D eigenvalue weighted by atomic mass is 79.9. The maximum atomic E-state index is 11.1. The van der Waals surface area contributed by atoms with Gasteiger partial charge in [0.2, 0.25) is 0 Å². The molecule has 1 rings (SSSR count). The van der Waals surface area contributed by atoms with E-state index in [1.54, 1.807) is 38.1 Å². The van der Waals surface area contributed by atoms with Gasteiger partial charge in [-0.2, -0.15) is 0 Å². The van der Waals surface area contributed by atoms with Crippen molar-refractivity contribution in [2.75, 3.05) is 5.33 Å². The van der Waals surface area contributed by atoms with E-state index in [1.807, 2.05) is 0 Å². The van der Waals surface area contributed by atoms with Gasteiger partial charge in [0.15, 0.2) is 0 Å². The zero-order chi connectivity index (χ0) is 13.9. The number of halogens is 1. The molecule has 0 amide bonds. The monoisotopic (exact) mass is 316 g/mol. The molecule has 3 N–H and O–H groups in total. The molecule has 2 unspecified atom stereocenters. The smallest absolute Gasteiger partial charge is 0.313 e. The number of benzene rings is 1. The van der Waals surface area contributed by atoms with Gasteiger partial charge in [0.1, 0.15) is 6.10 Å². The topological polar surface area (TPSA) is 77.8 Å². The van der Waals surface area contributed by atoms with E-state index in [0.29, 0.717) is 11.1 Å². The van der Waals surface area contributed by atoms with Crippen molar-refractivity contribution in [2.45, 2.75) is 31.5 Å². The summed E-state index contributed by atoms with van der Waals surface area (Å²) < 4.78 is 0. The van der Waals surface area contributed by atoms with Crippen molar-refractivity contribution in [1.29, 1.82) is 0 Å². The lowest BCUT2D eigenvalue weighted by atomic mass is 9.84. The summed E-state index contributed by atoms with van der Waals surface area (Å²) in [6.45, 7) is 3.24. The summed E-state index contributed by atoms with van der Waals surface area (Å²) in [5.41, 5.74) is 0.239. The first-order valence-electron chi connectivity index (χ1n) is 5.56. The third-order valence-corrected chi connectivity index (χ3v) is 3.69. The molecule has 0 aliphatic rings. The van der Waals surface area contributed by atoms with Crippen molar-refractivity contribution < 1.29 is 20.1 Å². The lowest BCUT2D eigenvalue weighted by molar-refractivity contribution is -0.142. The van der Waals surface area contributed by atoms with Gasteiger partial charge in [-0.1, -0.05) is 40.2 Å². The van der Waals surface area contributed by atoms with E-state index in [2.05, 4.69) is 15.9 Å². The number of carboxylic acids is 1. The first kappa shape index (κ1) is 15.1. The first-order valence-corrected chi connectivity index (χ1v) is 6.68. The van der Waals surface area contributed by atoms with Gasteiger partial charge in [-0.3, -0.25) is 4.79 Å². The molecule has 0 aliphatic carbocycles. The lowest BCUT2D eigenvalue weighted by Crippen LogP contribution is -2.28. The van der Waals surface area contributed by atoms with E-state index in [9.17, 15) is 15.0 Å². The lowest BCUT2D eigenvalue weighted by Gasteiger charge is -2.21. The van der Waals surface area contributed by atoms with Crippen LogP contribution in [0.25, 0.3) is 0 Å². The Morgan fingerprint density at radius 2 is 1.78 bits per heavy atom. The zero-order valence-electron chi connectivity index (χ0n) is 10.3. The number of aliphatic carboxylic acids is 1. The number of hydrogen-bond donors (Lipinski definition) is 3. The van der Waals surface area contributed by atoms with E-state index in [1.165, 1.54) is 0 Å². The molecule has 0 aliphatic heterocycles. The Balaban J connectivity index is 2.96. The largest absolute Gasteiger partial charge is 0.481 e. The molecule has 1 aromatic rings. The third kappa shape index (κ3) is 3.10. The van der Waals surface area contributed by atoms with Crippen LogP contribution in [-0.2, 0) is 10.2 Å². The molecular formula is C13H17BrO4. The van der Waals surface area contributed by atoms with Crippen molar-refractivity contribution in [3.8, 4) is 0 Å². The van der Waals surface area contributed by atoms with Crippen molar-refractivity contribution in [2.24, 2.45) is 0 Å². The molecule has 0 spiro atoms. The number of rotatable bonds is 5. The van der Waals surface area contributed by atoms with Crippen molar-refractivity contribution in [3.63, 3.8) is 0 Å². The van der Waals surface area contributed by atoms with E-state index in [0.717, 1.165) is 0 Å². The zero-order valence-corrected chi connectivity index (χ0v) is 11.9. The number of carboxylic acid groups (broad SMARTS) is 1. The Kier molecular flexibility index (Phi) is 4.90. The molecule has 0 fully saturated rings. The minimum Gasteiger partial charge on any atom is -0.481 e. The summed E-state index contributed by atoms with van der Waals surface area (Å²) in [4.78, 5) is 11.1. The van der Waals surface area contributed by atoms with E-state index < -0.39 is 23.6 Å². The molecule has 1 aromatic carbocycles. The molecule has 5 heteroatoms. The van der Waals surface area contributed by atoms with E-state index in [-0.39, 0.29) is 5.33 Å². The SMILES string of the molecule is CC(C)(C(=O)O)c1ccc(C(O)C(O)CBr)cc1. The summed E-state index contributed by atoms with van der Waals surface area (Å²) in [5.74, 6) is -0.906. The average molecular weight is 317 g/mol. The normalized spacial score (nSPS) is 15.2. The summed E-state index contributed by atoms with van der Waals surface area (Å²) in [7, 11) is 0. The van der Waals surface area contributed by atoms with Gasteiger partial charge < -0.3 is 15.3 Å². The first-order chi connectivity index (χ1) is 8.30.